The van der Waals surface area contributed by atoms with Gasteiger partial charge >= 0.3 is 0 Å². The fraction of sp³-hybridized carbons (Fsp3) is 0.238. The highest BCUT2D eigenvalue weighted by Gasteiger charge is 2.29. The summed E-state index contributed by atoms with van der Waals surface area (Å²) in [6, 6.07) is 16.2. The summed E-state index contributed by atoms with van der Waals surface area (Å²) in [4.78, 5) is 10.8. The molecule has 1 aliphatic rings. The minimum Gasteiger partial charge on any atom is -0.439 e. The van der Waals surface area contributed by atoms with Gasteiger partial charge in [-0.3, -0.25) is 0 Å². The zero-order chi connectivity index (χ0) is 21.1. The normalized spacial score (nSPS) is 15.2. The minimum absolute atomic E-state index is 0.0348. The van der Waals surface area contributed by atoms with E-state index in [0.29, 0.717) is 36.4 Å². The first-order valence-electron chi connectivity index (χ1n) is 9.51. The molecule has 7 nitrogen and oxygen atoms in total. The molecule has 3 aromatic rings. The highest BCUT2D eigenvalue weighted by atomic mass is 32.2. The van der Waals surface area contributed by atoms with Gasteiger partial charge in [-0.2, -0.15) is 9.29 Å². The zero-order valence-electron chi connectivity index (χ0n) is 16.4. The van der Waals surface area contributed by atoms with E-state index >= 15 is 0 Å². The maximum absolute atomic E-state index is 13.5. The Morgan fingerprint density at radius 2 is 1.67 bits per heavy atom. The van der Waals surface area contributed by atoms with Gasteiger partial charge in [0.15, 0.2) is 0 Å². The van der Waals surface area contributed by atoms with Crippen LogP contribution in [0.3, 0.4) is 0 Å². The summed E-state index contributed by atoms with van der Waals surface area (Å²) in [6.07, 6.45) is 0. The molecule has 156 valence electrons. The molecule has 4 rings (SSSR count). The van der Waals surface area contributed by atoms with E-state index in [4.69, 9.17) is 4.74 Å². The van der Waals surface area contributed by atoms with Crippen LogP contribution in [-0.4, -0.2) is 48.9 Å². The number of rotatable bonds is 5. The lowest BCUT2D eigenvalue weighted by Gasteiger charge is -2.34. The molecule has 0 atom stereocenters. The van der Waals surface area contributed by atoms with Crippen molar-refractivity contribution in [2.24, 2.45) is 0 Å². The van der Waals surface area contributed by atoms with Crippen LogP contribution in [0, 0.1) is 12.7 Å². The number of benzene rings is 2. The number of halogens is 1. The molecule has 0 aliphatic carbocycles. The molecule has 30 heavy (non-hydrogen) atoms. The van der Waals surface area contributed by atoms with Crippen LogP contribution in [0.25, 0.3) is 0 Å². The molecule has 0 N–H and O–H groups in total. The van der Waals surface area contributed by atoms with Crippen molar-refractivity contribution in [3.05, 3.63) is 72.3 Å². The number of aromatic nitrogens is 2. The van der Waals surface area contributed by atoms with Gasteiger partial charge in [-0.1, -0.05) is 24.3 Å². The summed E-state index contributed by atoms with van der Waals surface area (Å²) in [5.41, 5.74) is 0. The molecule has 0 bridgehead atoms. The molecule has 1 fully saturated rings. The molecule has 2 aromatic carbocycles. The molecular formula is C21H21FN4O3S. The van der Waals surface area contributed by atoms with Gasteiger partial charge in [0.2, 0.25) is 15.9 Å². The summed E-state index contributed by atoms with van der Waals surface area (Å²) < 4.78 is 46.2. The van der Waals surface area contributed by atoms with Gasteiger partial charge in [-0.25, -0.2) is 17.8 Å². The Kier molecular flexibility index (Phi) is 5.65. The van der Waals surface area contributed by atoms with Crippen LogP contribution in [0.2, 0.25) is 0 Å². The van der Waals surface area contributed by atoms with Crippen LogP contribution >= 0.6 is 0 Å². The molecule has 0 spiro atoms. The number of sulfonamides is 1. The largest absolute Gasteiger partial charge is 0.439 e. The lowest BCUT2D eigenvalue weighted by Crippen LogP contribution is -2.49. The lowest BCUT2D eigenvalue weighted by atomic mass is 10.3. The summed E-state index contributed by atoms with van der Waals surface area (Å²) in [5.74, 6) is 1.77. The maximum Gasteiger partial charge on any atom is 0.243 e. The van der Waals surface area contributed by atoms with E-state index in [1.807, 2.05) is 35.2 Å². The highest BCUT2D eigenvalue weighted by molar-refractivity contribution is 7.89. The Bertz CT molecular complexity index is 1130. The van der Waals surface area contributed by atoms with E-state index in [1.54, 1.807) is 13.0 Å². The number of aryl methyl sites for hydroxylation is 1. The topological polar surface area (TPSA) is 75.6 Å². The van der Waals surface area contributed by atoms with E-state index in [0.717, 1.165) is 6.07 Å². The van der Waals surface area contributed by atoms with E-state index < -0.39 is 15.8 Å². The second-order valence-electron chi connectivity index (χ2n) is 6.88. The third-order valence-corrected chi connectivity index (χ3v) is 6.66. The predicted molar refractivity (Wildman–Crippen MR) is 111 cm³/mol. The van der Waals surface area contributed by atoms with Gasteiger partial charge in [0.05, 0.1) is 4.90 Å². The Labute approximate surface area is 174 Å². The molecular weight excluding hydrogens is 407 g/mol. The van der Waals surface area contributed by atoms with Gasteiger partial charge in [0, 0.05) is 32.2 Å². The smallest absolute Gasteiger partial charge is 0.243 e. The molecule has 2 heterocycles. The Morgan fingerprint density at radius 3 is 2.37 bits per heavy atom. The van der Waals surface area contributed by atoms with Crippen LogP contribution in [-0.2, 0) is 10.0 Å². The Balaban J connectivity index is 1.47. The van der Waals surface area contributed by atoms with Crippen LogP contribution in [0.4, 0.5) is 10.2 Å². The van der Waals surface area contributed by atoms with Crippen molar-refractivity contribution >= 4 is 15.8 Å². The first-order valence-corrected chi connectivity index (χ1v) is 10.9. The Hall–Kier alpha value is -3.04. The number of anilines is 1. The summed E-state index contributed by atoms with van der Waals surface area (Å²) in [7, 11) is -3.74. The Morgan fingerprint density at radius 1 is 0.933 bits per heavy atom. The average molecular weight is 428 g/mol. The average Bonchev–Trinajstić information content (AvgIpc) is 2.74. The molecule has 1 aliphatic heterocycles. The van der Waals surface area contributed by atoms with Crippen molar-refractivity contribution in [3.8, 4) is 11.6 Å². The van der Waals surface area contributed by atoms with Gasteiger partial charge in [-0.05, 0) is 37.3 Å². The van der Waals surface area contributed by atoms with Gasteiger partial charge in [-0.15, -0.1) is 0 Å². The van der Waals surface area contributed by atoms with Crippen LogP contribution in [0.5, 0.6) is 11.6 Å². The van der Waals surface area contributed by atoms with Crippen molar-refractivity contribution in [2.45, 2.75) is 11.8 Å². The van der Waals surface area contributed by atoms with Crippen molar-refractivity contribution < 1.29 is 17.5 Å². The van der Waals surface area contributed by atoms with Crippen molar-refractivity contribution in [1.29, 1.82) is 0 Å². The summed E-state index contributed by atoms with van der Waals surface area (Å²) >= 11 is 0. The van der Waals surface area contributed by atoms with Gasteiger partial charge in [0.25, 0.3) is 0 Å². The zero-order valence-corrected chi connectivity index (χ0v) is 17.2. The summed E-state index contributed by atoms with van der Waals surface area (Å²) in [6.45, 7) is 3.24. The fourth-order valence-electron chi connectivity index (χ4n) is 3.28. The maximum atomic E-state index is 13.5. The number of piperazine rings is 1. The first-order chi connectivity index (χ1) is 14.4. The third-order valence-electron chi connectivity index (χ3n) is 4.76. The van der Waals surface area contributed by atoms with E-state index in [1.165, 1.54) is 22.5 Å². The van der Waals surface area contributed by atoms with E-state index in [9.17, 15) is 12.8 Å². The number of para-hydroxylation sites is 1. The predicted octanol–water partition coefficient (Wildman–Crippen LogP) is 3.23. The molecule has 0 unspecified atom stereocenters. The fourth-order valence-corrected chi connectivity index (χ4v) is 4.74. The standard InChI is InChI=1S/C21H21FN4O3S/c1-16-23-20(15-21(24-16)29-18-7-3-2-4-8-18)25-10-12-26(13-11-25)30(27,28)19-9-5-6-17(22)14-19/h2-9,14-15H,10-13H2,1H3. The molecule has 0 radical (unpaired) electrons. The van der Waals surface area contributed by atoms with Crippen LogP contribution in [0.15, 0.2) is 65.6 Å². The second kappa shape index (κ2) is 8.37. The van der Waals surface area contributed by atoms with Gasteiger partial charge < -0.3 is 9.64 Å². The number of hydrogen-bond acceptors (Lipinski definition) is 6. The number of hydrogen-bond donors (Lipinski definition) is 0. The first kappa shape index (κ1) is 20.2. The van der Waals surface area contributed by atoms with Crippen molar-refractivity contribution in [3.63, 3.8) is 0 Å². The second-order valence-corrected chi connectivity index (χ2v) is 8.81. The van der Waals surface area contributed by atoms with Crippen molar-refractivity contribution in [1.82, 2.24) is 14.3 Å². The quantitative estimate of drug-likeness (QED) is 0.621. The lowest BCUT2D eigenvalue weighted by molar-refractivity contribution is 0.382. The van der Waals surface area contributed by atoms with E-state index in [-0.39, 0.29) is 18.0 Å². The summed E-state index contributed by atoms with van der Waals surface area (Å²) in [5, 5.41) is 0. The SMILES string of the molecule is Cc1nc(Oc2ccccc2)cc(N2CCN(S(=O)(=O)c3cccc(F)c3)CC2)n1. The van der Waals surface area contributed by atoms with Crippen molar-refractivity contribution in [2.75, 3.05) is 31.1 Å². The van der Waals surface area contributed by atoms with Crippen LogP contribution < -0.4 is 9.64 Å². The highest BCUT2D eigenvalue weighted by Crippen LogP contribution is 2.25. The number of nitrogens with zero attached hydrogens (tertiary/aromatic N) is 4. The molecule has 9 heteroatoms. The monoisotopic (exact) mass is 428 g/mol. The van der Waals surface area contributed by atoms with E-state index in [2.05, 4.69) is 9.97 Å². The third kappa shape index (κ3) is 4.42. The minimum atomic E-state index is -3.74. The molecule has 0 saturated carbocycles. The molecule has 1 saturated heterocycles. The number of ether oxygens (including phenoxy) is 1. The molecule has 1 aromatic heterocycles. The molecule has 0 amide bonds. The van der Waals surface area contributed by atoms with Crippen LogP contribution in [0.1, 0.15) is 5.82 Å². The van der Waals surface area contributed by atoms with Gasteiger partial charge in [0.1, 0.15) is 23.2 Å².